The molecular formula is C22H23FN4O. The van der Waals surface area contributed by atoms with Crippen LogP contribution < -0.4 is 0 Å². The van der Waals surface area contributed by atoms with Crippen molar-refractivity contribution in [3.05, 3.63) is 83.4 Å². The zero-order chi connectivity index (χ0) is 19.5. The van der Waals surface area contributed by atoms with E-state index in [0.717, 1.165) is 23.4 Å². The molecule has 2 heterocycles. The van der Waals surface area contributed by atoms with E-state index in [1.807, 2.05) is 35.3 Å². The van der Waals surface area contributed by atoms with E-state index in [-0.39, 0.29) is 11.7 Å². The van der Waals surface area contributed by atoms with Gasteiger partial charge in [0.05, 0.1) is 18.4 Å². The van der Waals surface area contributed by atoms with Crippen LogP contribution in [0.25, 0.3) is 5.69 Å². The maximum Gasteiger partial charge on any atom is 0.237 e. The highest BCUT2D eigenvalue weighted by molar-refractivity contribution is 5.79. The van der Waals surface area contributed by atoms with Gasteiger partial charge in [-0.3, -0.25) is 9.69 Å². The van der Waals surface area contributed by atoms with Gasteiger partial charge in [0, 0.05) is 37.9 Å². The molecule has 3 aromatic rings. The molecule has 5 nitrogen and oxygen atoms in total. The van der Waals surface area contributed by atoms with Crippen LogP contribution in [-0.4, -0.2) is 45.1 Å². The summed E-state index contributed by atoms with van der Waals surface area (Å²) in [6.07, 6.45) is 3.87. The lowest BCUT2D eigenvalue weighted by molar-refractivity contribution is -0.136. The highest BCUT2D eigenvalue weighted by Gasteiger charge is 2.24. The van der Waals surface area contributed by atoms with Crippen LogP contribution in [0.3, 0.4) is 0 Å². The molecule has 1 aromatic heterocycles. The van der Waals surface area contributed by atoms with Crippen LogP contribution in [0.5, 0.6) is 0 Å². The van der Waals surface area contributed by atoms with Gasteiger partial charge in [0.2, 0.25) is 5.91 Å². The standard InChI is InChI=1S/C22H23FN4O/c1-17-4-2-7-21(10-17)27-15-19(12-24-27)13-25-8-9-26(22(28)16-25)14-18-5-3-6-20(23)11-18/h2-7,10-12,15H,8-9,13-14,16H2,1H3. The molecule has 2 aromatic carbocycles. The van der Waals surface area contributed by atoms with Crippen molar-refractivity contribution in [3.8, 4) is 5.69 Å². The molecule has 1 fully saturated rings. The predicted molar refractivity (Wildman–Crippen MR) is 105 cm³/mol. The first-order chi connectivity index (χ1) is 13.6. The molecule has 1 aliphatic rings. The molecule has 4 rings (SSSR count). The third-order valence-corrected chi connectivity index (χ3v) is 4.97. The van der Waals surface area contributed by atoms with Gasteiger partial charge in [0.25, 0.3) is 0 Å². The number of aryl methyl sites for hydroxylation is 1. The van der Waals surface area contributed by atoms with Crippen LogP contribution in [0.4, 0.5) is 4.39 Å². The van der Waals surface area contributed by atoms with Crippen LogP contribution in [0.15, 0.2) is 60.9 Å². The average molecular weight is 378 g/mol. The number of piperazine rings is 1. The Morgan fingerprint density at radius 3 is 2.68 bits per heavy atom. The third-order valence-electron chi connectivity index (χ3n) is 4.97. The molecule has 6 heteroatoms. The number of hydrogen-bond donors (Lipinski definition) is 0. The van der Waals surface area contributed by atoms with E-state index in [1.54, 1.807) is 11.0 Å². The number of hydrogen-bond acceptors (Lipinski definition) is 3. The summed E-state index contributed by atoms with van der Waals surface area (Å²) < 4.78 is 15.2. The molecule has 28 heavy (non-hydrogen) atoms. The second kappa shape index (κ2) is 7.94. The maximum atomic E-state index is 13.4. The van der Waals surface area contributed by atoms with E-state index in [0.29, 0.717) is 26.2 Å². The Morgan fingerprint density at radius 1 is 1.04 bits per heavy atom. The zero-order valence-electron chi connectivity index (χ0n) is 15.9. The predicted octanol–water partition coefficient (Wildman–Crippen LogP) is 3.16. The number of nitrogens with zero attached hydrogens (tertiary/aromatic N) is 4. The number of aromatic nitrogens is 2. The van der Waals surface area contributed by atoms with Crippen molar-refractivity contribution >= 4 is 5.91 Å². The fourth-order valence-electron chi connectivity index (χ4n) is 3.53. The van der Waals surface area contributed by atoms with Crippen LogP contribution in [0.2, 0.25) is 0 Å². The summed E-state index contributed by atoms with van der Waals surface area (Å²) in [7, 11) is 0. The van der Waals surface area contributed by atoms with Gasteiger partial charge in [-0.25, -0.2) is 9.07 Å². The summed E-state index contributed by atoms with van der Waals surface area (Å²) >= 11 is 0. The largest absolute Gasteiger partial charge is 0.336 e. The summed E-state index contributed by atoms with van der Waals surface area (Å²) in [5.41, 5.74) is 4.12. The number of amides is 1. The molecule has 0 N–H and O–H groups in total. The summed E-state index contributed by atoms with van der Waals surface area (Å²) in [5.74, 6) is -0.198. The Labute approximate surface area is 164 Å². The van der Waals surface area contributed by atoms with Gasteiger partial charge >= 0.3 is 0 Å². The van der Waals surface area contributed by atoms with Gasteiger partial charge in [-0.1, -0.05) is 24.3 Å². The number of benzene rings is 2. The van der Waals surface area contributed by atoms with Gasteiger partial charge < -0.3 is 4.90 Å². The number of carbonyl (C=O) groups is 1. The third kappa shape index (κ3) is 4.28. The molecule has 0 aliphatic carbocycles. The quantitative estimate of drug-likeness (QED) is 0.685. The monoisotopic (exact) mass is 378 g/mol. The SMILES string of the molecule is Cc1cccc(-n2cc(CN3CCN(Cc4cccc(F)c4)C(=O)C3)cn2)c1. The Hall–Kier alpha value is -2.99. The maximum absolute atomic E-state index is 13.4. The summed E-state index contributed by atoms with van der Waals surface area (Å²) in [6, 6.07) is 14.6. The highest BCUT2D eigenvalue weighted by Crippen LogP contribution is 2.15. The molecule has 1 aliphatic heterocycles. The lowest BCUT2D eigenvalue weighted by atomic mass is 10.2. The molecule has 1 amide bonds. The van der Waals surface area contributed by atoms with Crippen LogP contribution in [0.1, 0.15) is 16.7 Å². The molecule has 1 saturated heterocycles. The van der Waals surface area contributed by atoms with Crippen LogP contribution in [-0.2, 0) is 17.9 Å². The number of halogens is 1. The van der Waals surface area contributed by atoms with Crippen molar-refractivity contribution in [2.24, 2.45) is 0 Å². The molecule has 0 saturated carbocycles. The Kier molecular flexibility index (Phi) is 5.21. The molecular weight excluding hydrogens is 355 g/mol. The number of carbonyl (C=O) groups excluding carboxylic acids is 1. The van der Waals surface area contributed by atoms with E-state index in [2.05, 4.69) is 29.1 Å². The lowest BCUT2D eigenvalue weighted by Crippen LogP contribution is -2.49. The van der Waals surface area contributed by atoms with E-state index in [9.17, 15) is 9.18 Å². The first-order valence-corrected chi connectivity index (χ1v) is 9.42. The highest BCUT2D eigenvalue weighted by atomic mass is 19.1. The van der Waals surface area contributed by atoms with Crippen molar-refractivity contribution in [1.82, 2.24) is 19.6 Å². The van der Waals surface area contributed by atoms with Crippen molar-refractivity contribution in [1.29, 1.82) is 0 Å². The minimum Gasteiger partial charge on any atom is -0.336 e. The van der Waals surface area contributed by atoms with Crippen molar-refractivity contribution in [3.63, 3.8) is 0 Å². The first kappa shape index (κ1) is 18.4. The Balaban J connectivity index is 1.35. The molecule has 0 bridgehead atoms. The molecule has 0 spiro atoms. The minimum absolute atomic E-state index is 0.0709. The fraction of sp³-hybridized carbons (Fsp3) is 0.273. The van der Waals surface area contributed by atoms with E-state index >= 15 is 0 Å². The molecule has 144 valence electrons. The van der Waals surface area contributed by atoms with Crippen molar-refractivity contribution in [2.75, 3.05) is 19.6 Å². The topological polar surface area (TPSA) is 41.4 Å². The van der Waals surface area contributed by atoms with Gasteiger partial charge in [-0.15, -0.1) is 0 Å². The summed E-state index contributed by atoms with van der Waals surface area (Å²) in [6.45, 7) is 4.99. The fourth-order valence-corrected chi connectivity index (χ4v) is 3.53. The Bertz CT molecular complexity index is 984. The van der Waals surface area contributed by atoms with E-state index < -0.39 is 0 Å². The number of rotatable bonds is 5. The average Bonchev–Trinajstić information content (AvgIpc) is 3.13. The van der Waals surface area contributed by atoms with Gasteiger partial charge in [-0.05, 0) is 42.3 Å². The second-order valence-corrected chi connectivity index (χ2v) is 7.29. The van der Waals surface area contributed by atoms with Crippen molar-refractivity contribution in [2.45, 2.75) is 20.0 Å². The van der Waals surface area contributed by atoms with Crippen LogP contribution in [0, 0.1) is 12.7 Å². The van der Waals surface area contributed by atoms with Crippen LogP contribution >= 0.6 is 0 Å². The van der Waals surface area contributed by atoms with Gasteiger partial charge in [0.15, 0.2) is 0 Å². The second-order valence-electron chi connectivity index (χ2n) is 7.29. The summed E-state index contributed by atoms with van der Waals surface area (Å²) in [4.78, 5) is 16.4. The normalized spacial score (nSPS) is 15.2. The lowest BCUT2D eigenvalue weighted by Gasteiger charge is -2.34. The zero-order valence-corrected chi connectivity index (χ0v) is 15.9. The Morgan fingerprint density at radius 2 is 1.89 bits per heavy atom. The molecule has 0 atom stereocenters. The van der Waals surface area contributed by atoms with E-state index in [1.165, 1.54) is 17.7 Å². The van der Waals surface area contributed by atoms with Gasteiger partial charge in [0.1, 0.15) is 5.82 Å². The smallest absolute Gasteiger partial charge is 0.237 e. The van der Waals surface area contributed by atoms with Crippen molar-refractivity contribution < 1.29 is 9.18 Å². The van der Waals surface area contributed by atoms with Gasteiger partial charge in [-0.2, -0.15) is 5.10 Å². The molecule has 0 unspecified atom stereocenters. The molecule has 0 radical (unpaired) electrons. The summed E-state index contributed by atoms with van der Waals surface area (Å²) in [5, 5.41) is 4.45. The van der Waals surface area contributed by atoms with E-state index in [4.69, 9.17) is 0 Å². The minimum atomic E-state index is -0.269. The first-order valence-electron chi connectivity index (χ1n) is 9.42.